The van der Waals surface area contributed by atoms with Gasteiger partial charge in [-0.15, -0.1) is 11.3 Å². The minimum absolute atomic E-state index is 0.0156. The molecule has 86 valence electrons. The van der Waals surface area contributed by atoms with Crippen LogP contribution in [0.2, 0.25) is 0 Å². The lowest BCUT2D eigenvalue weighted by molar-refractivity contribution is 0.248. The molecule has 0 aromatic carbocycles. The first kappa shape index (κ1) is 11.6. The van der Waals surface area contributed by atoms with E-state index in [1.54, 1.807) is 11.3 Å². The molecule has 1 fully saturated rings. The van der Waals surface area contributed by atoms with Crippen LogP contribution in [0, 0.1) is 18.3 Å². The second-order valence-corrected chi connectivity index (χ2v) is 5.40. The summed E-state index contributed by atoms with van der Waals surface area (Å²) >= 11 is 1.72. The number of thiophene rings is 1. The molecular formula is C13H18N2S. The first-order chi connectivity index (χ1) is 7.83. The van der Waals surface area contributed by atoms with Crippen molar-refractivity contribution in [1.82, 2.24) is 4.90 Å². The molecule has 3 heteroatoms. The molecule has 1 aromatic heterocycles. The Bertz CT molecular complexity index is 370. The van der Waals surface area contributed by atoms with Gasteiger partial charge in [0.15, 0.2) is 0 Å². The maximum absolute atomic E-state index is 9.38. The predicted molar refractivity (Wildman–Crippen MR) is 67.5 cm³/mol. The topological polar surface area (TPSA) is 27.0 Å². The lowest BCUT2D eigenvalue weighted by Gasteiger charge is -2.25. The quantitative estimate of drug-likeness (QED) is 0.783. The standard InChI is InChI=1S/C13H18N2S/c1-11-6-9-16-13(11)12(10-14)15-7-4-2-3-5-8-15/h6,9,12H,2-5,7-8H2,1H3. The highest BCUT2D eigenvalue weighted by Gasteiger charge is 2.23. The van der Waals surface area contributed by atoms with Gasteiger partial charge in [-0.2, -0.15) is 5.26 Å². The Morgan fingerprint density at radius 2 is 2.00 bits per heavy atom. The van der Waals surface area contributed by atoms with E-state index < -0.39 is 0 Å². The SMILES string of the molecule is Cc1ccsc1C(C#N)N1CCCCCC1. The number of rotatable bonds is 2. The molecule has 0 radical (unpaired) electrons. The molecule has 1 unspecified atom stereocenters. The molecule has 2 heterocycles. The van der Waals surface area contributed by atoms with Crippen LogP contribution < -0.4 is 0 Å². The van der Waals surface area contributed by atoms with Gasteiger partial charge in [-0.1, -0.05) is 12.8 Å². The van der Waals surface area contributed by atoms with Crippen LogP contribution in [-0.2, 0) is 0 Å². The molecule has 1 aliphatic heterocycles. The Labute approximate surface area is 102 Å². The van der Waals surface area contributed by atoms with E-state index in [9.17, 15) is 5.26 Å². The summed E-state index contributed by atoms with van der Waals surface area (Å²) in [6.07, 6.45) is 5.11. The van der Waals surface area contributed by atoms with E-state index in [-0.39, 0.29) is 6.04 Å². The van der Waals surface area contributed by atoms with E-state index in [0.29, 0.717) is 0 Å². The lowest BCUT2D eigenvalue weighted by Crippen LogP contribution is -2.28. The van der Waals surface area contributed by atoms with Crippen molar-refractivity contribution >= 4 is 11.3 Å². The van der Waals surface area contributed by atoms with Gasteiger partial charge in [0.05, 0.1) is 6.07 Å². The third-order valence-electron chi connectivity index (χ3n) is 3.28. The fourth-order valence-electron chi connectivity index (χ4n) is 2.32. The van der Waals surface area contributed by atoms with E-state index in [1.807, 2.05) is 0 Å². The van der Waals surface area contributed by atoms with Crippen molar-refractivity contribution < 1.29 is 0 Å². The van der Waals surface area contributed by atoms with Crippen molar-refractivity contribution in [3.63, 3.8) is 0 Å². The molecule has 1 aliphatic rings. The zero-order valence-corrected chi connectivity index (χ0v) is 10.6. The number of nitriles is 1. The molecule has 0 N–H and O–H groups in total. The fourth-order valence-corrected chi connectivity index (χ4v) is 3.33. The maximum Gasteiger partial charge on any atom is 0.133 e. The van der Waals surface area contributed by atoms with Gasteiger partial charge >= 0.3 is 0 Å². The molecule has 0 aliphatic carbocycles. The van der Waals surface area contributed by atoms with Gasteiger partial charge in [-0.05, 0) is 49.9 Å². The molecule has 2 rings (SSSR count). The molecule has 1 atom stereocenters. The first-order valence-corrected chi connectivity index (χ1v) is 6.88. The van der Waals surface area contributed by atoms with Crippen molar-refractivity contribution in [1.29, 1.82) is 5.26 Å². The molecule has 1 aromatic rings. The minimum Gasteiger partial charge on any atom is -0.284 e. The molecule has 0 amide bonds. The molecule has 2 nitrogen and oxygen atoms in total. The van der Waals surface area contributed by atoms with Gasteiger partial charge in [0, 0.05) is 4.88 Å². The highest BCUT2D eigenvalue weighted by molar-refractivity contribution is 7.10. The maximum atomic E-state index is 9.38. The second-order valence-electron chi connectivity index (χ2n) is 4.45. The largest absolute Gasteiger partial charge is 0.284 e. The molecule has 16 heavy (non-hydrogen) atoms. The third kappa shape index (κ3) is 2.45. The van der Waals surface area contributed by atoms with Crippen LogP contribution in [0.5, 0.6) is 0 Å². The molecule has 0 saturated carbocycles. The summed E-state index contributed by atoms with van der Waals surface area (Å²) in [7, 11) is 0. The summed E-state index contributed by atoms with van der Waals surface area (Å²) in [5, 5.41) is 11.5. The number of nitrogens with zero attached hydrogens (tertiary/aromatic N) is 2. The third-order valence-corrected chi connectivity index (χ3v) is 4.35. The van der Waals surface area contributed by atoms with Gasteiger partial charge < -0.3 is 0 Å². The van der Waals surface area contributed by atoms with Gasteiger partial charge in [-0.3, -0.25) is 4.90 Å². The highest BCUT2D eigenvalue weighted by atomic mass is 32.1. The van der Waals surface area contributed by atoms with Crippen molar-refractivity contribution in [3.05, 3.63) is 21.9 Å². The van der Waals surface area contributed by atoms with Gasteiger partial charge in [-0.25, -0.2) is 0 Å². The zero-order valence-electron chi connectivity index (χ0n) is 9.78. The van der Waals surface area contributed by atoms with Crippen molar-refractivity contribution in [2.24, 2.45) is 0 Å². The Hall–Kier alpha value is -0.850. The van der Waals surface area contributed by atoms with Crippen LogP contribution >= 0.6 is 11.3 Å². The van der Waals surface area contributed by atoms with Crippen molar-refractivity contribution in [3.8, 4) is 6.07 Å². The van der Waals surface area contributed by atoms with Crippen LogP contribution in [0.4, 0.5) is 0 Å². The molecule has 0 bridgehead atoms. The fraction of sp³-hybridized carbons (Fsp3) is 0.615. The summed E-state index contributed by atoms with van der Waals surface area (Å²) < 4.78 is 0. The van der Waals surface area contributed by atoms with Crippen molar-refractivity contribution in [2.45, 2.75) is 38.6 Å². The van der Waals surface area contributed by atoms with Gasteiger partial charge in [0.2, 0.25) is 0 Å². The normalized spacial score (nSPS) is 20.0. The Morgan fingerprint density at radius 3 is 2.50 bits per heavy atom. The zero-order chi connectivity index (χ0) is 11.4. The van der Waals surface area contributed by atoms with E-state index >= 15 is 0 Å². The number of hydrogen-bond acceptors (Lipinski definition) is 3. The average molecular weight is 234 g/mol. The van der Waals surface area contributed by atoms with Crippen LogP contribution in [0.3, 0.4) is 0 Å². The summed E-state index contributed by atoms with van der Waals surface area (Å²) in [5.74, 6) is 0. The average Bonchev–Trinajstić information content (AvgIpc) is 2.57. The summed E-state index contributed by atoms with van der Waals surface area (Å²) in [6.45, 7) is 4.26. The Kier molecular flexibility index (Phi) is 3.98. The second kappa shape index (κ2) is 5.47. The minimum atomic E-state index is -0.0156. The number of aryl methyl sites for hydroxylation is 1. The number of likely N-dealkylation sites (tertiary alicyclic amines) is 1. The van der Waals surface area contributed by atoms with E-state index in [2.05, 4.69) is 29.3 Å². The summed E-state index contributed by atoms with van der Waals surface area (Å²) in [5.41, 5.74) is 1.26. The van der Waals surface area contributed by atoms with Gasteiger partial charge in [0.25, 0.3) is 0 Å². The van der Waals surface area contributed by atoms with E-state index in [4.69, 9.17) is 0 Å². The number of hydrogen-bond donors (Lipinski definition) is 0. The van der Waals surface area contributed by atoms with Crippen LogP contribution in [-0.4, -0.2) is 18.0 Å². The monoisotopic (exact) mass is 234 g/mol. The summed E-state index contributed by atoms with van der Waals surface area (Å²) in [4.78, 5) is 3.59. The van der Waals surface area contributed by atoms with E-state index in [0.717, 1.165) is 13.1 Å². The van der Waals surface area contributed by atoms with Crippen LogP contribution in [0.1, 0.15) is 42.2 Å². The Morgan fingerprint density at radius 1 is 1.31 bits per heavy atom. The van der Waals surface area contributed by atoms with Crippen LogP contribution in [0.25, 0.3) is 0 Å². The molecular weight excluding hydrogens is 216 g/mol. The highest BCUT2D eigenvalue weighted by Crippen LogP contribution is 2.29. The Balaban J connectivity index is 2.16. The first-order valence-electron chi connectivity index (χ1n) is 6.00. The van der Waals surface area contributed by atoms with Crippen LogP contribution in [0.15, 0.2) is 11.4 Å². The predicted octanol–water partition coefficient (Wildman–Crippen LogP) is 3.50. The smallest absolute Gasteiger partial charge is 0.133 e. The van der Waals surface area contributed by atoms with E-state index in [1.165, 1.54) is 36.1 Å². The van der Waals surface area contributed by atoms with Crippen molar-refractivity contribution in [2.75, 3.05) is 13.1 Å². The lowest BCUT2D eigenvalue weighted by atomic mass is 10.1. The molecule has 0 spiro atoms. The summed E-state index contributed by atoms with van der Waals surface area (Å²) in [6, 6.07) is 4.58. The molecule has 1 saturated heterocycles. The van der Waals surface area contributed by atoms with Gasteiger partial charge in [0.1, 0.15) is 6.04 Å².